The number of ether oxygens (including phenoxy) is 2. The molecule has 154 valence electrons. The van der Waals surface area contributed by atoms with Crippen LogP contribution in [0.15, 0.2) is 47.6 Å². The predicted octanol–water partition coefficient (Wildman–Crippen LogP) is 2.42. The third-order valence-corrected chi connectivity index (χ3v) is 5.50. The maximum Gasteiger partial charge on any atom is 0.260 e. The largest absolute Gasteiger partial charge is 0.486 e. The van der Waals surface area contributed by atoms with Gasteiger partial charge in [0.15, 0.2) is 11.5 Å². The highest BCUT2D eigenvalue weighted by Gasteiger charge is 2.21. The van der Waals surface area contributed by atoms with E-state index in [-0.39, 0.29) is 0 Å². The van der Waals surface area contributed by atoms with Crippen molar-refractivity contribution in [2.75, 3.05) is 30.3 Å². The molecule has 3 rings (SSSR count). The number of hydrogen-bond donors (Lipinski definition) is 1. The summed E-state index contributed by atoms with van der Waals surface area (Å²) in [4.78, 5) is 12.3. The molecule has 0 saturated carbocycles. The van der Waals surface area contributed by atoms with Crippen molar-refractivity contribution in [1.29, 1.82) is 0 Å². The zero-order chi connectivity index (χ0) is 21.0. The Morgan fingerprint density at radius 1 is 1.14 bits per heavy atom. The van der Waals surface area contributed by atoms with Gasteiger partial charge in [-0.2, -0.15) is 5.10 Å². The zero-order valence-corrected chi connectivity index (χ0v) is 17.5. The van der Waals surface area contributed by atoms with Crippen molar-refractivity contribution in [3.63, 3.8) is 0 Å². The highest BCUT2D eigenvalue weighted by atomic mass is 35.5. The summed E-state index contributed by atoms with van der Waals surface area (Å²) >= 11 is 5.84. The van der Waals surface area contributed by atoms with Gasteiger partial charge in [-0.15, -0.1) is 0 Å². The molecule has 0 unspecified atom stereocenters. The molecule has 2 aromatic carbocycles. The number of anilines is 1. The highest BCUT2D eigenvalue weighted by Crippen LogP contribution is 2.30. The smallest absolute Gasteiger partial charge is 0.260 e. The van der Waals surface area contributed by atoms with Crippen molar-refractivity contribution in [1.82, 2.24) is 5.43 Å². The number of carbonyl (C=O) groups excluding carboxylic acids is 1. The van der Waals surface area contributed by atoms with Gasteiger partial charge in [0.1, 0.15) is 19.8 Å². The third kappa shape index (κ3) is 5.39. The number of hydrazone groups is 1. The Kier molecular flexibility index (Phi) is 6.29. The molecule has 0 atom stereocenters. The Morgan fingerprint density at radius 2 is 1.79 bits per heavy atom. The molecule has 1 heterocycles. The fourth-order valence-electron chi connectivity index (χ4n) is 2.65. The first-order valence-corrected chi connectivity index (χ1v) is 10.9. The van der Waals surface area contributed by atoms with Crippen LogP contribution in [0.4, 0.5) is 5.69 Å². The summed E-state index contributed by atoms with van der Waals surface area (Å²) in [6, 6.07) is 11.5. The second kappa shape index (κ2) is 8.71. The Hall–Kier alpha value is -2.78. The topological polar surface area (TPSA) is 97.3 Å². The lowest BCUT2D eigenvalue weighted by atomic mass is 10.1. The van der Waals surface area contributed by atoms with E-state index in [2.05, 4.69) is 10.5 Å². The molecule has 0 fully saturated rings. The monoisotopic (exact) mass is 437 g/mol. The maximum atomic E-state index is 12.3. The average Bonchev–Trinajstić information content (AvgIpc) is 2.70. The second-order valence-corrected chi connectivity index (χ2v) is 8.68. The lowest BCUT2D eigenvalue weighted by Gasteiger charge is -2.21. The van der Waals surface area contributed by atoms with Crippen LogP contribution in [0.1, 0.15) is 12.5 Å². The normalized spacial score (nSPS) is 13.7. The third-order valence-electron chi connectivity index (χ3n) is 4.11. The van der Waals surface area contributed by atoms with Crippen LogP contribution in [0.5, 0.6) is 11.5 Å². The van der Waals surface area contributed by atoms with E-state index in [4.69, 9.17) is 21.1 Å². The zero-order valence-electron chi connectivity index (χ0n) is 15.9. The van der Waals surface area contributed by atoms with Gasteiger partial charge in [-0.3, -0.25) is 9.10 Å². The fourth-order valence-corrected chi connectivity index (χ4v) is 3.63. The summed E-state index contributed by atoms with van der Waals surface area (Å²) in [7, 11) is -3.68. The molecule has 8 nitrogen and oxygen atoms in total. The van der Waals surface area contributed by atoms with Gasteiger partial charge in [-0.05, 0) is 49.4 Å². The molecule has 0 aromatic heterocycles. The second-order valence-electron chi connectivity index (χ2n) is 6.34. The summed E-state index contributed by atoms with van der Waals surface area (Å²) in [5.41, 5.74) is 4.00. The minimum absolute atomic E-state index is 0.333. The van der Waals surface area contributed by atoms with Gasteiger partial charge in [0.2, 0.25) is 10.0 Å². The number of sulfonamides is 1. The Balaban J connectivity index is 1.70. The van der Waals surface area contributed by atoms with Gasteiger partial charge in [0, 0.05) is 10.6 Å². The van der Waals surface area contributed by atoms with Gasteiger partial charge < -0.3 is 9.47 Å². The standard InChI is InChI=1S/C19H20ClN3O5S/c1-13(14-3-8-17-18(11-14)28-10-9-27-17)21-22-19(24)12-23(29(2,25)26)16-6-4-15(20)5-7-16/h3-8,11H,9-10,12H2,1-2H3,(H,22,24)/b21-13-. The Labute approximate surface area is 174 Å². The number of rotatable bonds is 6. The first-order valence-electron chi connectivity index (χ1n) is 8.70. The number of nitrogens with one attached hydrogen (secondary N) is 1. The van der Waals surface area contributed by atoms with Gasteiger partial charge in [-0.1, -0.05) is 11.6 Å². The number of benzene rings is 2. The van der Waals surface area contributed by atoms with Crippen LogP contribution in [0.3, 0.4) is 0 Å². The molecule has 1 N–H and O–H groups in total. The van der Waals surface area contributed by atoms with Crippen LogP contribution in [0.2, 0.25) is 5.02 Å². The van der Waals surface area contributed by atoms with Crippen LogP contribution in [-0.2, 0) is 14.8 Å². The van der Waals surface area contributed by atoms with E-state index in [1.54, 1.807) is 37.3 Å². The summed E-state index contributed by atoms with van der Waals surface area (Å²) < 4.78 is 36.2. The van der Waals surface area contributed by atoms with Crippen molar-refractivity contribution in [2.45, 2.75) is 6.92 Å². The van der Waals surface area contributed by atoms with E-state index >= 15 is 0 Å². The van der Waals surface area contributed by atoms with E-state index in [1.165, 1.54) is 12.1 Å². The molecular weight excluding hydrogens is 418 g/mol. The molecule has 1 aliphatic heterocycles. The molecule has 0 spiro atoms. The molecule has 0 saturated heterocycles. The minimum atomic E-state index is -3.68. The molecule has 0 bridgehead atoms. The van der Waals surface area contributed by atoms with Crippen LogP contribution in [0.25, 0.3) is 0 Å². The summed E-state index contributed by atoms with van der Waals surface area (Å²) in [6.07, 6.45) is 1.03. The van der Waals surface area contributed by atoms with E-state index in [0.29, 0.717) is 41.1 Å². The minimum Gasteiger partial charge on any atom is -0.486 e. The summed E-state index contributed by atoms with van der Waals surface area (Å²) in [5.74, 6) is 0.687. The van der Waals surface area contributed by atoms with E-state index in [9.17, 15) is 13.2 Å². The van der Waals surface area contributed by atoms with Gasteiger partial charge in [0.25, 0.3) is 5.91 Å². The SMILES string of the molecule is C/C(=N/NC(=O)CN(c1ccc(Cl)cc1)S(C)(=O)=O)c1ccc2c(c1)OCCO2. The lowest BCUT2D eigenvalue weighted by Crippen LogP contribution is -2.39. The number of hydrogen-bond acceptors (Lipinski definition) is 6. The Bertz CT molecular complexity index is 1040. The number of halogens is 1. The van der Waals surface area contributed by atoms with Crippen molar-refractivity contribution in [3.05, 3.63) is 53.1 Å². The van der Waals surface area contributed by atoms with Crippen LogP contribution in [-0.4, -0.2) is 46.1 Å². The van der Waals surface area contributed by atoms with Crippen molar-refractivity contribution in [3.8, 4) is 11.5 Å². The summed E-state index contributed by atoms with van der Waals surface area (Å²) in [6.45, 7) is 2.27. The molecule has 2 aromatic rings. The van der Waals surface area contributed by atoms with Crippen LogP contribution >= 0.6 is 11.6 Å². The average molecular weight is 438 g/mol. The quantitative estimate of drug-likeness (QED) is 0.553. The molecule has 1 aliphatic rings. The van der Waals surface area contributed by atoms with Gasteiger partial charge in [0.05, 0.1) is 17.7 Å². The van der Waals surface area contributed by atoms with E-state index in [1.807, 2.05) is 0 Å². The van der Waals surface area contributed by atoms with Crippen LogP contribution in [0, 0.1) is 0 Å². The number of carbonyl (C=O) groups is 1. The van der Waals surface area contributed by atoms with Gasteiger partial charge >= 0.3 is 0 Å². The van der Waals surface area contributed by atoms with Crippen LogP contribution < -0.4 is 19.2 Å². The summed E-state index contributed by atoms with van der Waals surface area (Å²) in [5, 5.41) is 4.53. The molecular formula is C19H20ClN3O5S. The molecule has 0 aliphatic carbocycles. The molecule has 10 heteroatoms. The number of nitrogens with zero attached hydrogens (tertiary/aromatic N) is 2. The first kappa shape index (κ1) is 20.9. The van der Waals surface area contributed by atoms with Gasteiger partial charge in [-0.25, -0.2) is 13.8 Å². The molecule has 0 radical (unpaired) electrons. The van der Waals surface area contributed by atoms with Crippen molar-refractivity contribution >= 4 is 38.9 Å². The highest BCUT2D eigenvalue weighted by molar-refractivity contribution is 7.92. The number of fused-ring (bicyclic) bond motifs is 1. The molecule has 29 heavy (non-hydrogen) atoms. The molecule has 1 amide bonds. The van der Waals surface area contributed by atoms with E-state index in [0.717, 1.165) is 16.1 Å². The first-order chi connectivity index (χ1) is 13.7. The van der Waals surface area contributed by atoms with Crippen molar-refractivity contribution < 1.29 is 22.7 Å². The maximum absolute atomic E-state index is 12.3. The lowest BCUT2D eigenvalue weighted by molar-refractivity contribution is -0.119. The Morgan fingerprint density at radius 3 is 2.45 bits per heavy atom. The van der Waals surface area contributed by atoms with Crippen molar-refractivity contribution in [2.24, 2.45) is 5.10 Å². The predicted molar refractivity (Wildman–Crippen MR) is 111 cm³/mol. The number of amides is 1. The fraction of sp³-hybridized carbons (Fsp3) is 0.263. The van der Waals surface area contributed by atoms with E-state index < -0.39 is 22.5 Å².